The van der Waals surface area contributed by atoms with Crippen molar-refractivity contribution in [3.8, 4) is 11.1 Å². The summed E-state index contributed by atoms with van der Waals surface area (Å²) in [6.07, 6.45) is 1.00. The molecule has 350 valence electrons. The predicted octanol–water partition coefficient (Wildman–Crippen LogP) is 6.32. The molecule has 1 heterocycles. The number of nitrogens with zero attached hydrogens (tertiary/aromatic N) is 2. The topological polar surface area (TPSA) is 158 Å². The van der Waals surface area contributed by atoms with Gasteiger partial charge < -0.3 is 40.5 Å². The Kier molecular flexibility index (Phi) is 20.0. The zero-order valence-corrected chi connectivity index (χ0v) is 39.9. The summed E-state index contributed by atoms with van der Waals surface area (Å²) in [4.78, 5) is 73.6. The third-order valence-electron chi connectivity index (χ3n) is 12.9. The highest BCUT2D eigenvalue weighted by Crippen LogP contribution is 2.30. The normalized spacial score (nSPS) is 17.7. The molecule has 5 amide bonds. The van der Waals surface area contributed by atoms with Crippen molar-refractivity contribution >= 4 is 35.2 Å². The van der Waals surface area contributed by atoms with Crippen LogP contribution in [0.1, 0.15) is 79.7 Å². The van der Waals surface area contributed by atoms with E-state index < -0.39 is 48.3 Å². The molecule has 3 aromatic carbocycles. The average Bonchev–Trinajstić information content (AvgIpc) is 3.78. The van der Waals surface area contributed by atoms with Gasteiger partial charge in [0.2, 0.25) is 29.5 Å². The summed E-state index contributed by atoms with van der Waals surface area (Å²) in [5.74, 6) is -2.33. The van der Waals surface area contributed by atoms with Gasteiger partial charge in [-0.3, -0.25) is 24.0 Å². The summed E-state index contributed by atoms with van der Waals surface area (Å²) < 4.78 is 12.1. The summed E-state index contributed by atoms with van der Waals surface area (Å²) in [6.45, 7) is 14.0. The van der Waals surface area contributed by atoms with Gasteiger partial charge in [0, 0.05) is 39.9 Å². The monoisotopic (exact) mass is 883 g/mol. The third-order valence-corrected chi connectivity index (χ3v) is 12.9. The lowest BCUT2D eigenvalue weighted by Gasteiger charge is -2.41. The molecule has 0 saturated carbocycles. The van der Waals surface area contributed by atoms with E-state index in [9.17, 15) is 24.0 Å². The quantitative estimate of drug-likeness (QED) is 0.0862. The number of hydrogen-bond acceptors (Lipinski definition) is 8. The molecule has 1 unspecified atom stereocenters. The number of amides is 5. The first-order valence-electron chi connectivity index (χ1n) is 23.0. The molecule has 1 fully saturated rings. The molecule has 1 aliphatic heterocycles. The first kappa shape index (κ1) is 51.5. The molecule has 0 spiro atoms. The van der Waals surface area contributed by atoms with Crippen LogP contribution in [0.4, 0.5) is 5.69 Å². The Bertz CT molecular complexity index is 1950. The number of nitrogens with one attached hydrogen (secondary N) is 4. The lowest BCUT2D eigenvalue weighted by Crippen LogP contribution is -2.59. The number of hydrogen-bond donors (Lipinski definition) is 4. The van der Waals surface area contributed by atoms with E-state index in [2.05, 4.69) is 21.3 Å². The zero-order chi connectivity index (χ0) is 47.1. The zero-order valence-electron chi connectivity index (χ0n) is 39.9. The summed E-state index contributed by atoms with van der Waals surface area (Å²) in [5.41, 5.74) is 3.58. The highest BCUT2D eigenvalue weighted by atomic mass is 16.5. The van der Waals surface area contributed by atoms with Crippen molar-refractivity contribution in [1.82, 2.24) is 25.8 Å². The molecule has 0 bridgehead atoms. The standard InChI is InChI=1S/C51H74N6O7/c1-12-34(6)46(56(9)51(62)45(33(4)5)55-50(61)44(52-8)32(2)3)42(63-10)31-43(58)57-29-19-24-41(57)47(64-11)35(7)48(59)54-40(30-36-20-15-13-16-21-36)49(60)53-39-27-25-38(26-28-39)37-22-17-14-18-23-37/h13-18,20-23,25-28,32-35,40-42,44-47,52H,12,19,24,29-31H2,1-11H3,(H,53,60)(H,54,59)(H,55,61)/t34-,35+,40-,41-,42+,44-,45-,46?,47+/m0/s1. The van der Waals surface area contributed by atoms with E-state index in [1.807, 2.05) is 126 Å². The van der Waals surface area contributed by atoms with Gasteiger partial charge in [-0.2, -0.15) is 0 Å². The number of benzene rings is 3. The lowest BCUT2D eigenvalue weighted by molar-refractivity contribution is -0.148. The van der Waals surface area contributed by atoms with Crippen molar-refractivity contribution in [3.05, 3.63) is 90.5 Å². The van der Waals surface area contributed by atoms with E-state index in [4.69, 9.17) is 9.47 Å². The van der Waals surface area contributed by atoms with Crippen molar-refractivity contribution in [2.75, 3.05) is 40.2 Å². The van der Waals surface area contributed by atoms with Crippen LogP contribution in [0, 0.1) is 23.7 Å². The fourth-order valence-electron chi connectivity index (χ4n) is 9.02. The minimum absolute atomic E-state index is 0.00380. The Labute approximate surface area is 381 Å². The fraction of sp³-hybridized carbons (Fsp3) is 0.549. The Balaban J connectivity index is 1.50. The molecule has 13 nitrogen and oxygen atoms in total. The van der Waals surface area contributed by atoms with Crippen LogP contribution in [0.25, 0.3) is 11.1 Å². The predicted molar refractivity (Wildman–Crippen MR) is 253 cm³/mol. The van der Waals surface area contributed by atoms with Gasteiger partial charge in [0.1, 0.15) is 12.1 Å². The van der Waals surface area contributed by atoms with Crippen LogP contribution in [0.2, 0.25) is 0 Å². The molecule has 1 saturated heterocycles. The Morgan fingerprint density at radius 3 is 1.89 bits per heavy atom. The third kappa shape index (κ3) is 13.5. The van der Waals surface area contributed by atoms with Crippen LogP contribution in [-0.4, -0.2) is 117 Å². The van der Waals surface area contributed by atoms with Crippen LogP contribution in [0.5, 0.6) is 0 Å². The van der Waals surface area contributed by atoms with E-state index in [0.717, 1.165) is 29.5 Å². The molecule has 64 heavy (non-hydrogen) atoms. The van der Waals surface area contributed by atoms with Gasteiger partial charge in [-0.25, -0.2) is 0 Å². The first-order chi connectivity index (χ1) is 30.6. The number of anilines is 1. The molecule has 4 rings (SSSR count). The van der Waals surface area contributed by atoms with Gasteiger partial charge >= 0.3 is 0 Å². The largest absolute Gasteiger partial charge is 0.379 e. The van der Waals surface area contributed by atoms with Gasteiger partial charge in [0.15, 0.2) is 0 Å². The van der Waals surface area contributed by atoms with Gasteiger partial charge in [0.25, 0.3) is 0 Å². The Morgan fingerprint density at radius 1 is 0.750 bits per heavy atom. The highest BCUT2D eigenvalue weighted by molar-refractivity contribution is 5.98. The molecule has 13 heteroatoms. The average molecular weight is 883 g/mol. The first-order valence-corrected chi connectivity index (χ1v) is 23.0. The van der Waals surface area contributed by atoms with Crippen LogP contribution >= 0.6 is 0 Å². The van der Waals surface area contributed by atoms with Crippen LogP contribution < -0.4 is 21.3 Å². The summed E-state index contributed by atoms with van der Waals surface area (Å²) in [7, 11) is 6.56. The van der Waals surface area contributed by atoms with Crippen molar-refractivity contribution in [3.63, 3.8) is 0 Å². The number of rotatable bonds is 23. The number of carbonyl (C=O) groups is 5. The Hall–Kier alpha value is -5.11. The second-order valence-electron chi connectivity index (χ2n) is 18.0. The minimum Gasteiger partial charge on any atom is -0.379 e. The molecular formula is C51H74N6O7. The maximum atomic E-state index is 14.4. The van der Waals surface area contributed by atoms with Crippen molar-refractivity contribution in [2.24, 2.45) is 23.7 Å². The van der Waals surface area contributed by atoms with Gasteiger partial charge in [-0.15, -0.1) is 0 Å². The van der Waals surface area contributed by atoms with E-state index in [1.54, 1.807) is 45.0 Å². The molecule has 0 radical (unpaired) electrons. The van der Waals surface area contributed by atoms with Crippen LogP contribution in [0.3, 0.4) is 0 Å². The van der Waals surface area contributed by atoms with Gasteiger partial charge in [-0.1, -0.05) is 128 Å². The SMILES string of the molecule is CC[C@H](C)C([C@@H](CC(=O)N1CCC[C@H]1[C@H](OC)[C@@H](C)C(=O)N[C@@H](Cc1ccccc1)C(=O)Nc1ccc(-c2ccccc2)cc1)OC)N(C)C(=O)[C@@H](NC(=O)[C@@H](NC)C(C)C)C(C)C. The van der Waals surface area contributed by atoms with Crippen molar-refractivity contribution in [1.29, 1.82) is 0 Å². The molecule has 0 aliphatic carbocycles. The van der Waals surface area contributed by atoms with Crippen molar-refractivity contribution < 1.29 is 33.4 Å². The molecule has 9 atom stereocenters. The number of likely N-dealkylation sites (N-methyl/N-ethyl adjacent to an activating group) is 2. The van der Waals surface area contributed by atoms with E-state index in [1.165, 1.54) is 0 Å². The molecular weight excluding hydrogens is 809 g/mol. The van der Waals surface area contributed by atoms with Gasteiger partial charge in [-0.05, 0) is 66.5 Å². The van der Waals surface area contributed by atoms with Gasteiger partial charge in [0.05, 0.1) is 42.7 Å². The second kappa shape index (κ2) is 24.8. The summed E-state index contributed by atoms with van der Waals surface area (Å²) in [6, 6.07) is 24.1. The van der Waals surface area contributed by atoms with Crippen molar-refractivity contribution in [2.45, 2.75) is 123 Å². The minimum atomic E-state index is -0.895. The smallest absolute Gasteiger partial charge is 0.247 e. The maximum Gasteiger partial charge on any atom is 0.247 e. The maximum absolute atomic E-state index is 14.4. The number of ether oxygens (including phenoxy) is 2. The van der Waals surface area contributed by atoms with E-state index in [-0.39, 0.29) is 60.1 Å². The molecule has 3 aromatic rings. The number of methoxy groups -OCH3 is 2. The summed E-state index contributed by atoms with van der Waals surface area (Å²) >= 11 is 0. The summed E-state index contributed by atoms with van der Waals surface area (Å²) in [5, 5.41) is 12.1. The second-order valence-corrected chi connectivity index (χ2v) is 18.0. The van der Waals surface area contributed by atoms with Crippen LogP contribution in [-0.2, 0) is 39.9 Å². The van der Waals surface area contributed by atoms with Crippen LogP contribution in [0.15, 0.2) is 84.9 Å². The Morgan fingerprint density at radius 2 is 1.34 bits per heavy atom. The lowest BCUT2D eigenvalue weighted by atomic mass is 9.89. The molecule has 1 aliphatic rings. The number of likely N-dealkylation sites (tertiary alicyclic amines) is 1. The van der Waals surface area contributed by atoms with E-state index in [0.29, 0.717) is 18.7 Å². The fourth-order valence-corrected chi connectivity index (χ4v) is 9.02. The highest BCUT2D eigenvalue weighted by Gasteiger charge is 2.43. The molecule has 0 aromatic heterocycles. The number of carbonyl (C=O) groups excluding carboxylic acids is 5. The molecule has 4 N–H and O–H groups in total. The van der Waals surface area contributed by atoms with E-state index >= 15 is 0 Å².